The van der Waals surface area contributed by atoms with Gasteiger partial charge in [-0.3, -0.25) is 0 Å². The molecule has 2 aromatic heterocycles. The Morgan fingerprint density at radius 3 is 2.56 bits per heavy atom. The average molecular weight is 455 g/mol. The Kier molecular flexibility index (Phi) is 7.13. The molecule has 1 aromatic carbocycles. The smallest absolute Gasteiger partial charge is 0.343 e. The zero-order valence-corrected chi connectivity index (χ0v) is 19.2. The van der Waals surface area contributed by atoms with Crippen LogP contribution in [-0.2, 0) is 25.9 Å². The van der Waals surface area contributed by atoms with Crippen LogP contribution in [0.1, 0.15) is 75.8 Å². The summed E-state index contributed by atoms with van der Waals surface area (Å²) >= 11 is 1.55. The minimum Gasteiger partial charge on any atom is -0.507 e. The van der Waals surface area contributed by atoms with Crippen LogP contribution >= 0.6 is 11.3 Å². The molecular weight excluding hydrogens is 424 g/mol. The Balaban J connectivity index is 1.68. The summed E-state index contributed by atoms with van der Waals surface area (Å²) in [5, 5.41) is 29.8. The van der Waals surface area contributed by atoms with E-state index in [1.54, 1.807) is 11.3 Å². The molecule has 0 amide bonds. The van der Waals surface area contributed by atoms with Crippen LogP contribution in [-0.4, -0.2) is 21.9 Å². The number of aliphatic hydroxyl groups is 2. The molecule has 1 aliphatic carbocycles. The van der Waals surface area contributed by atoms with Crippen molar-refractivity contribution >= 4 is 11.3 Å². The van der Waals surface area contributed by atoms with Crippen LogP contribution in [0.5, 0.6) is 5.75 Å². The molecule has 0 aliphatic heterocycles. The molecule has 0 spiro atoms. The third-order valence-corrected chi connectivity index (χ3v) is 7.33. The molecule has 2 heterocycles. The van der Waals surface area contributed by atoms with Gasteiger partial charge < -0.3 is 19.7 Å². The zero-order valence-electron chi connectivity index (χ0n) is 18.3. The van der Waals surface area contributed by atoms with Gasteiger partial charge in [0.2, 0.25) is 0 Å². The monoisotopic (exact) mass is 454 g/mol. The predicted molar refractivity (Wildman–Crippen MR) is 126 cm³/mol. The lowest BCUT2D eigenvalue weighted by Gasteiger charge is -2.20. The van der Waals surface area contributed by atoms with Crippen molar-refractivity contribution in [1.29, 1.82) is 0 Å². The molecule has 0 bridgehead atoms. The number of hydrogen-bond donors (Lipinski definition) is 3. The van der Waals surface area contributed by atoms with E-state index in [0.717, 1.165) is 45.7 Å². The van der Waals surface area contributed by atoms with E-state index >= 15 is 0 Å². The molecule has 4 rings (SSSR count). The second kappa shape index (κ2) is 10.0. The summed E-state index contributed by atoms with van der Waals surface area (Å²) in [4.78, 5) is 15.0. The van der Waals surface area contributed by atoms with E-state index in [9.17, 15) is 15.0 Å². The van der Waals surface area contributed by atoms with E-state index < -0.39 is 5.63 Å². The van der Waals surface area contributed by atoms with Gasteiger partial charge in [-0.1, -0.05) is 31.2 Å². The average Bonchev–Trinajstić information content (AvgIpc) is 3.53. The number of thiophene rings is 1. The molecule has 170 valence electrons. The van der Waals surface area contributed by atoms with Crippen LogP contribution in [0.4, 0.5) is 0 Å². The number of aromatic hydroxyl groups is 1. The van der Waals surface area contributed by atoms with Crippen LogP contribution in [0.15, 0.2) is 45.6 Å². The molecule has 0 unspecified atom stereocenters. The molecule has 1 saturated carbocycles. The highest BCUT2D eigenvalue weighted by Crippen LogP contribution is 2.48. The first-order chi connectivity index (χ1) is 15.5. The van der Waals surface area contributed by atoms with Gasteiger partial charge in [-0.2, -0.15) is 0 Å². The maximum atomic E-state index is 13.0. The minimum absolute atomic E-state index is 0.00867. The van der Waals surface area contributed by atoms with Gasteiger partial charge in [0.05, 0.1) is 12.2 Å². The normalized spacial score (nSPS) is 14.6. The molecule has 3 aromatic rings. The molecular formula is C26H30O5S. The minimum atomic E-state index is -0.471. The van der Waals surface area contributed by atoms with Crippen LogP contribution in [0.3, 0.4) is 0 Å². The number of aliphatic hydroxyl groups excluding tert-OH is 2. The fraction of sp³-hybridized carbons (Fsp3) is 0.423. The summed E-state index contributed by atoms with van der Waals surface area (Å²) in [6.45, 7) is 2.15. The predicted octanol–water partition coefficient (Wildman–Crippen LogP) is 4.64. The maximum absolute atomic E-state index is 13.0. The van der Waals surface area contributed by atoms with Gasteiger partial charge in [0.25, 0.3) is 0 Å². The lowest BCUT2D eigenvalue weighted by Crippen LogP contribution is -2.15. The van der Waals surface area contributed by atoms with E-state index in [-0.39, 0.29) is 30.8 Å². The standard InChI is InChI=1S/C26H30O5S/c1-2-18(13-16-4-3-5-17(12-16)15-28)25-23(19-6-7-19)24(29)22(26(30)31-25)14-21-9-8-20(32-21)10-11-27/h3-5,8-9,12,18-19,27-29H,2,6-7,10-11,13-15H2,1H3/t18-/m1/s1. The van der Waals surface area contributed by atoms with Gasteiger partial charge in [-0.25, -0.2) is 4.79 Å². The molecule has 32 heavy (non-hydrogen) atoms. The number of hydrogen-bond acceptors (Lipinski definition) is 6. The highest BCUT2D eigenvalue weighted by Gasteiger charge is 2.35. The van der Waals surface area contributed by atoms with Crippen molar-refractivity contribution in [2.75, 3.05) is 6.61 Å². The molecule has 0 saturated heterocycles. The lowest BCUT2D eigenvalue weighted by atomic mass is 9.89. The summed E-state index contributed by atoms with van der Waals surface area (Å²) < 4.78 is 5.93. The van der Waals surface area contributed by atoms with Crippen LogP contribution in [0.25, 0.3) is 0 Å². The van der Waals surface area contributed by atoms with E-state index in [1.807, 2.05) is 36.4 Å². The Morgan fingerprint density at radius 2 is 1.88 bits per heavy atom. The zero-order chi connectivity index (χ0) is 22.7. The van der Waals surface area contributed by atoms with Crippen LogP contribution in [0.2, 0.25) is 0 Å². The topological polar surface area (TPSA) is 90.9 Å². The van der Waals surface area contributed by atoms with Gasteiger partial charge >= 0.3 is 5.63 Å². The van der Waals surface area contributed by atoms with Crippen molar-refractivity contribution in [1.82, 2.24) is 0 Å². The summed E-state index contributed by atoms with van der Waals surface area (Å²) in [5.74, 6) is 0.922. The van der Waals surface area contributed by atoms with Gasteiger partial charge in [-0.15, -0.1) is 11.3 Å². The van der Waals surface area contributed by atoms with Crippen molar-refractivity contribution in [2.24, 2.45) is 0 Å². The molecule has 1 atom stereocenters. The van der Waals surface area contributed by atoms with E-state index in [0.29, 0.717) is 30.6 Å². The van der Waals surface area contributed by atoms with Crippen LogP contribution < -0.4 is 5.63 Å². The molecule has 5 nitrogen and oxygen atoms in total. The molecule has 3 N–H and O–H groups in total. The third-order valence-electron chi connectivity index (χ3n) is 6.19. The third kappa shape index (κ3) is 4.98. The first-order valence-electron chi connectivity index (χ1n) is 11.3. The van der Waals surface area contributed by atoms with Crippen molar-refractivity contribution in [3.05, 3.63) is 84.6 Å². The molecule has 1 fully saturated rings. The maximum Gasteiger partial charge on any atom is 0.343 e. The second-order valence-electron chi connectivity index (χ2n) is 8.57. The SMILES string of the molecule is CC[C@H](Cc1cccc(CO)c1)c1oc(=O)c(Cc2ccc(CCO)s2)c(O)c1C1CC1. The summed E-state index contributed by atoms with van der Waals surface area (Å²) in [6.07, 6.45) is 4.36. The summed E-state index contributed by atoms with van der Waals surface area (Å²) in [5.41, 5.74) is 2.59. The Hall–Kier alpha value is -2.41. The number of rotatable bonds is 10. The molecule has 1 aliphatic rings. The van der Waals surface area contributed by atoms with Gasteiger partial charge in [0, 0.05) is 40.7 Å². The quantitative estimate of drug-likeness (QED) is 0.415. The van der Waals surface area contributed by atoms with E-state index in [1.165, 1.54) is 0 Å². The first-order valence-corrected chi connectivity index (χ1v) is 12.1. The fourth-order valence-electron chi connectivity index (χ4n) is 4.32. The second-order valence-corrected chi connectivity index (χ2v) is 9.83. The lowest BCUT2D eigenvalue weighted by molar-refractivity contribution is 0.281. The van der Waals surface area contributed by atoms with Crippen molar-refractivity contribution in [2.45, 2.75) is 63.9 Å². The van der Waals surface area contributed by atoms with E-state index in [4.69, 9.17) is 9.52 Å². The van der Waals surface area contributed by atoms with Gasteiger partial charge in [0.1, 0.15) is 11.5 Å². The highest BCUT2D eigenvalue weighted by molar-refractivity contribution is 7.12. The summed E-state index contributed by atoms with van der Waals surface area (Å²) in [6, 6.07) is 11.7. The van der Waals surface area contributed by atoms with Gasteiger partial charge in [0.15, 0.2) is 0 Å². The Morgan fingerprint density at radius 1 is 1.12 bits per heavy atom. The van der Waals surface area contributed by atoms with E-state index in [2.05, 4.69) is 6.92 Å². The number of benzene rings is 1. The highest BCUT2D eigenvalue weighted by atomic mass is 32.1. The fourth-order valence-corrected chi connectivity index (χ4v) is 5.33. The Labute approximate surface area is 192 Å². The summed E-state index contributed by atoms with van der Waals surface area (Å²) in [7, 11) is 0. The Bertz CT molecular complexity index is 1130. The van der Waals surface area contributed by atoms with Gasteiger partial charge in [-0.05, 0) is 54.9 Å². The van der Waals surface area contributed by atoms with Crippen molar-refractivity contribution in [3.63, 3.8) is 0 Å². The first kappa shape index (κ1) is 22.8. The van der Waals surface area contributed by atoms with Crippen molar-refractivity contribution < 1.29 is 19.7 Å². The van der Waals surface area contributed by atoms with Crippen molar-refractivity contribution in [3.8, 4) is 5.75 Å². The largest absolute Gasteiger partial charge is 0.507 e. The molecule has 0 radical (unpaired) electrons. The molecule has 6 heteroatoms. The van der Waals surface area contributed by atoms with Crippen LogP contribution in [0, 0.1) is 0 Å².